The zero-order valence-electron chi connectivity index (χ0n) is 12.9. The van der Waals surface area contributed by atoms with Gasteiger partial charge in [-0.3, -0.25) is 0 Å². The molecule has 0 aromatic heterocycles. The van der Waals surface area contributed by atoms with Crippen molar-refractivity contribution in [3.8, 4) is 0 Å². The molecule has 3 heteroatoms. The van der Waals surface area contributed by atoms with E-state index in [1.807, 2.05) is 12.1 Å². The van der Waals surface area contributed by atoms with E-state index in [9.17, 15) is 5.11 Å². The van der Waals surface area contributed by atoms with Gasteiger partial charge in [0.05, 0.1) is 6.10 Å². The van der Waals surface area contributed by atoms with Crippen LogP contribution in [0.1, 0.15) is 43.9 Å². The highest BCUT2D eigenvalue weighted by atomic mass is 32.2. The Morgan fingerprint density at radius 2 is 1.95 bits per heavy atom. The fraction of sp³-hybridized carbons (Fsp3) is 0.647. The standard InChI is InChI=1S/C17H27NOS/c1-14-4-6-15(7-5-14)16(19)8-10-18-11-9-17(2,3)20-13-12-18/h4-7,16,19H,8-13H2,1-3H3. The summed E-state index contributed by atoms with van der Waals surface area (Å²) in [4.78, 5) is 2.50. The zero-order valence-corrected chi connectivity index (χ0v) is 13.7. The van der Waals surface area contributed by atoms with Gasteiger partial charge in [-0.2, -0.15) is 11.8 Å². The first-order valence-corrected chi connectivity index (χ1v) is 8.56. The Morgan fingerprint density at radius 3 is 2.65 bits per heavy atom. The first-order valence-electron chi connectivity index (χ1n) is 7.57. The van der Waals surface area contributed by atoms with Gasteiger partial charge in [0.25, 0.3) is 0 Å². The van der Waals surface area contributed by atoms with Gasteiger partial charge in [-0.05, 0) is 31.9 Å². The molecule has 1 aliphatic rings. The minimum Gasteiger partial charge on any atom is -0.388 e. The number of rotatable bonds is 4. The molecule has 1 aromatic rings. The predicted molar refractivity (Wildman–Crippen MR) is 88.3 cm³/mol. The lowest BCUT2D eigenvalue weighted by atomic mass is 10.0. The summed E-state index contributed by atoms with van der Waals surface area (Å²) in [5.41, 5.74) is 2.29. The zero-order chi connectivity index (χ0) is 14.6. The van der Waals surface area contributed by atoms with Crippen molar-refractivity contribution in [2.75, 3.05) is 25.4 Å². The van der Waals surface area contributed by atoms with E-state index in [4.69, 9.17) is 0 Å². The molecule has 0 radical (unpaired) electrons. The van der Waals surface area contributed by atoms with Crippen molar-refractivity contribution in [2.45, 2.75) is 44.5 Å². The van der Waals surface area contributed by atoms with Gasteiger partial charge in [-0.1, -0.05) is 43.7 Å². The molecule has 2 rings (SSSR count). The number of aliphatic hydroxyl groups is 1. The molecule has 1 aromatic carbocycles. The minimum absolute atomic E-state index is 0.334. The van der Waals surface area contributed by atoms with E-state index in [-0.39, 0.29) is 6.10 Å². The first-order chi connectivity index (χ1) is 9.46. The summed E-state index contributed by atoms with van der Waals surface area (Å²) in [5.74, 6) is 1.20. The Kier molecular flexibility index (Phi) is 5.53. The van der Waals surface area contributed by atoms with Gasteiger partial charge in [-0.15, -0.1) is 0 Å². The second-order valence-corrected chi connectivity index (χ2v) is 8.22. The molecule has 0 spiro atoms. The SMILES string of the molecule is Cc1ccc(C(O)CCN2CCSC(C)(C)CC2)cc1. The third-order valence-electron chi connectivity index (χ3n) is 4.11. The van der Waals surface area contributed by atoms with Gasteiger partial charge >= 0.3 is 0 Å². The summed E-state index contributed by atoms with van der Waals surface area (Å²) in [7, 11) is 0. The topological polar surface area (TPSA) is 23.5 Å². The molecule has 1 fully saturated rings. The molecule has 1 saturated heterocycles. The normalized spacial score (nSPS) is 21.4. The van der Waals surface area contributed by atoms with E-state index in [0.29, 0.717) is 4.75 Å². The smallest absolute Gasteiger partial charge is 0.0802 e. The number of aryl methyl sites for hydroxylation is 1. The lowest BCUT2D eigenvalue weighted by molar-refractivity contribution is 0.143. The third kappa shape index (κ3) is 4.80. The molecule has 1 heterocycles. The number of nitrogens with zero attached hydrogens (tertiary/aromatic N) is 1. The fourth-order valence-corrected chi connectivity index (χ4v) is 3.68. The van der Waals surface area contributed by atoms with Gasteiger partial charge in [0.15, 0.2) is 0 Å². The molecule has 0 aliphatic carbocycles. The largest absolute Gasteiger partial charge is 0.388 e. The van der Waals surface area contributed by atoms with Crippen molar-refractivity contribution in [1.82, 2.24) is 4.90 Å². The molecule has 2 nitrogen and oxygen atoms in total. The van der Waals surface area contributed by atoms with Gasteiger partial charge in [0, 0.05) is 23.6 Å². The van der Waals surface area contributed by atoms with Crippen LogP contribution in [0.4, 0.5) is 0 Å². The van der Waals surface area contributed by atoms with E-state index in [0.717, 1.165) is 31.6 Å². The Balaban J connectivity index is 1.81. The van der Waals surface area contributed by atoms with Gasteiger partial charge < -0.3 is 10.0 Å². The number of hydrogen-bond acceptors (Lipinski definition) is 3. The quantitative estimate of drug-likeness (QED) is 0.917. The summed E-state index contributed by atoms with van der Waals surface area (Å²) in [6, 6.07) is 8.23. The molecular weight excluding hydrogens is 266 g/mol. The van der Waals surface area contributed by atoms with Crippen molar-refractivity contribution in [2.24, 2.45) is 0 Å². The summed E-state index contributed by atoms with van der Waals surface area (Å²) < 4.78 is 0.407. The number of aliphatic hydroxyl groups excluding tert-OH is 1. The highest BCUT2D eigenvalue weighted by molar-refractivity contribution is 8.00. The van der Waals surface area contributed by atoms with Gasteiger partial charge in [0.1, 0.15) is 0 Å². The van der Waals surface area contributed by atoms with Crippen molar-refractivity contribution in [1.29, 1.82) is 0 Å². The molecule has 0 amide bonds. The average Bonchev–Trinajstić information content (AvgIpc) is 2.58. The van der Waals surface area contributed by atoms with Crippen LogP contribution in [-0.4, -0.2) is 40.1 Å². The Labute approximate surface area is 127 Å². The lowest BCUT2D eigenvalue weighted by Crippen LogP contribution is -2.29. The molecule has 1 atom stereocenters. The molecule has 112 valence electrons. The molecule has 1 unspecified atom stereocenters. The lowest BCUT2D eigenvalue weighted by Gasteiger charge is -2.23. The maximum Gasteiger partial charge on any atom is 0.0802 e. The van der Waals surface area contributed by atoms with E-state index in [2.05, 4.69) is 49.6 Å². The number of hydrogen-bond donors (Lipinski definition) is 1. The number of thioether (sulfide) groups is 1. The van der Waals surface area contributed by atoms with Gasteiger partial charge in [0.2, 0.25) is 0 Å². The average molecular weight is 293 g/mol. The predicted octanol–water partition coefficient (Wildman–Crippen LogP) is 3.64. The van der Waals surface area contributed by atoms with Crippen molar-refractivity contribution in [3.05, 3.63) is 35.4 Å². The monoisotopic (exact) mass is 293 g/mol. The maximum atomic E-state index is 10.3. The minimum atomic E-state index is -0.334. The van der Waals surface area contributed by atoms with Crippen LogP contribution in [0.25, 0.3) is 0 Å². The van der Waals surface area contributed by atoms with Gasteiger partial charge in [-0.25, -0.2) is 0 Å². The molecule has 0 saturated carbocycles. The summed E-state index contributed by atoms with van der Waals surface area (Å²) in [6.07, 6.45) is 1.73. The van der Waals surface area contributed by atoms with Crippen molar-refractivity contribution < 1.29 is 5.11 Å². The molecule has 0 bridgehead atoms. The summed E-state index contributed by atoms with van der Waals surface area (Å²) in [5, 5.41) is 10.3. The Bertz CT molecular complexity index is 416. The summed E-state index contributed by atoms with van der Waals surface area (Å²) >= 11 is 2.07. The molecule has 20 heavy (non-hydrogen) atoms. The highest BCUT2D eigenvalue weighted by Crippen LogP contribution is 2.31. The van der Waals surface area contributed by atoms with Crippen LogP contribution in [0.2, 0.25) is 0 Å². The van der Waals surface area contributed by atoms with Crippen LogP contribution in [-0.2, 0) is 0 Å². The molecular formula is C17H27NOS. The van der Waals surface area contributed by atoms with Crippen LogP contribution >= 0.6 is 11.8 Å². The number of benzene rings is 1. The van der Waals surface area contributed by atoms with E-state index in [1.54, 1.807) is 0 Å². The summed E-state index contributed by atoms with van der Waals surface area (Å²) in [6.45, 7) is 10.0. The highest BCUT2D eigenvalue weighted by Gasteiger charge is 2.23. The first kappa shape index (κ1) is 15.9. The van der Waals surface area contributed by atoms with Crippen molar-refractivity contribution >= 4 is 11.8 Å². The second kappa shape index (κ2) is 6.97. The van der Waals surface area contributed by atoms with E-state index >= 15 is 0 Å². The van der Waals surface area contributed by atoms with Crippen LogP contribution in [0.5, 0.6) is 0 Å². The van der Waals surface area contributed by atoms with Crippen LogP contribution in [0, 0.1) is 6.92 Å². The van der Waals surface area contributed by atoms with E-state index in [1.165, 1.54) is 17.7 Å². The van der Waals surface area contributed by atoms with E-state index < -0.39 is 0 Å². The molecule has 1 N–H and O–H groups in total. The third-order valence-corrected chi connectivity index (χ3v) is 5.48. The van der Waals surface area contributed by atoms with Crippen LogP contribution in [0.3, 0.4) is 0 Å². The second-order valence-electron chi connectivity index (χ2n) is 6.41. The van der Waals surface area contributed by atoms with Crippen molar-refractivity contribution in [3.63, 3.8) is 0 Å². The maximum absolute atomic E-state index is 10.3. The molecule has 1 aliphatic heterocycles. The van der Waals surface area contributed by atoms with Crippen LogP contribution < -0.4 is 0 Å². The van der Waals surface area contributed by atoms with Crippen LogP contribution in [0.15, 0.2) is 24.3 Å². The fourth-order valence-electron chi connectivity index (χ4n) is 2.55. The Hall–Kier alpha value is -0.510. The Morgan fingerprint density at radius 1 is 1.25 bits per heavy atom.